The number of hydrogen-bond acceptors (Lipinski definition) is 6. The van der Waals surface area contributed by atoms with Crippen molar-refractivity contribution in [1.82, 2.24) is 20.4 Å². The van der Waals surface area contributed by atoms with E-state index in [9.17, 15) is 4.79 Å². The molecule has 1 aliphatic heterocycles. The zero-order valence-corrected chi connectivity index (χ0v) is 14.4. The van der Waals surface area contributed by atoms with E-state index in [0.717, 1.165) is 35.9 Å². The zero-order chi connectivity index (χ0) is 17.1. The third-order valence-corrected chi connectivity index (χ3v) is 4.28. The van der Waals surface area contributed by atoms with Gasteiger partial charge in [-0.05, 0) is 33.6 Å². The Morgan fingerprint density at radius 2 is 2.00 bits per heavy atom. The van der Waals surface area contributed by atoms with Gasteiger partial charge in [0.25, 0.3) is 0 Å². The van der Waals surface area contributed by atoms with Gasteiger partial charge in [-0.1, -0.05) is 5.16 Å². The molecule has 1 amide bonds. The first-order chi connectivity index (χ1) is 11.5. The van der Waals surface area contributed by atoms with Crippen LogP contribution in [0.25, 0.3) is 0 Å². The molecule has 7 nitrogen and oxygen atoms in total. The number of carbonyl (C=O) groups excluding carboxylic acids is 1. The molecule has 7 heteroatoms. The minimum Gasteiger partial charge on any atom is -0.361 e. The Morgan fingerprint density at radius 3 is 2.67 bits per heavy atom. The predicted octanol–water partition coefficient (Wildman–Crippen LogP) is 1.85. The van der Waals surface area contributed by atoms with E-state index in [2.05, 4.69) is 25.3 Å². The highest BCUT2D eigenvalue weighted by Gasteiger charge is 2.16. The van der Waals surface area contributed by atoms with Gasteiger partial charge in [0.2, 0.25) is 5.91 Å². The highest BCUT2D eigenvalue weighted by molar-refractivity contribution is 5.78. The average Bonchev–Trinajstić information content (AvgIpc) is 3.18. The van der Waals surface area contributed by atoms with Crippen molar-refractivity contribution in [1.29, 1.82) is 0 Å². The Balaban J connectivity index is 1.62. The number of carbonyl (C=O) groups is 1. The molecule has 3 rings (SSSR count). The molecule has 2 aromatic heterocycles. The lowest BCUT2D eigenvalue weighted by molar-refractivity contribution is -0.120. The number of aryl methyl sites for hydroxylation is 3. The minimum absolute atomic E-state index is 0.0859. The fraction of sp³-hybridized carbons (Fsp3) is 0.529. The largest absolute Gasteiger partial charge is 0.361 e. The maximum atomic E-state index is 12.2. The predicted molar refractivity (Wildman–Crippen MR) is 89.7 cm³/mol. The molecule has 0 aromatic carbocycles. The van der Waals surface area contributed by atoms with Crippen LogP contribution in [0.4, 0.5) is 5.82 Å². The second kappa shape index (κ2) is 6.98. The lowest BCUT2D eigenvalue weighted by atomic mass is 10.1. The topological polar surface area (TPSA) is 84.2 Å². The van der Waals surface area contributed by atoms with Crippen LogP contribution in [0.2, 0.25) is 0 Å². The van der Waals surface area contributed by atoms with Gasteiger partial charge in [0.05, 0.1) is 18.7 Å². The molecular weight excluding hydrogens is 306 g/mol. The highest BCUT2D eigenvalue weighted by Crippen LogP contribution is 2.18. The number of rotatable bonds is 5. The third kappa shape index (κ3) is 3.72. The molecule has 0 spiro atoms. The Hall–Kier alpha value is -2.44. The number of nitrogens with zero attached hydrogens (tertiary/aromatic N) is 4. The van der Waals surface area contributed by atoms with E-state index >= 15 is 0 Å². The fourth-order valence-corrected chi connectivity index (χ4v) is 2.95. The van der Waals surface area contributed by atoms with E-state index in [1.165, 1.54) is 12.8 Å². The molecule has 24 heavy (non-hydrogen) atoms. The molecule has 1 fully saturated rings. The van der Waals surface area contributed by atoms with Gasteiger partial charge in [-0.2, -0.15) is 0 Å². The fourth-order valence-electron chi connectivity index (χ4n) is 2.95. The smallest absolute Gasteiger partial charge is 0.224 e. The SMILES string of the molecule is Cc1cc(N2CCCC2)nc(CNC(=O)Cc2c(C)noc2C)n1. The van der Waals surface area contributed by atoms with Crippen LogP contribution in [-0.2, 0) is 17.8 Å². The summed E-state index contributed by atoms with van der Waals surface area (Å²) in [5.74, 6) is 2.20. The van der Waals surface area contributed by atoms with Crippen molar-refractivity contribution in [3.05, 3.63) is 34.6 Å². The molecule has 0 bridgehead atoms. The molecule has 0 aliphatic carbocycles. The Bertz CT molecular complexity index is 715. The van der Waals surface area contributed by atoms with Gasteiger partial charge in [-0.15, -0.1) is 0 Å². The van der Waals surface area contributed by atoms with E-state index in [1.54, 1.807) is 0 Å². The summed E-state index contributed by atoms with van der Waals surface area (Å²) in [5.41, 5.74) is 2.52. The van der Waals surface area contributed by atoms with Gasteiger partial charge < -0.3 is 14.7 Å². The van der Waals surface area contributed by atoms with Gasteiger partial charge in [0, 0.05) is 30.4 Å². The van der Waals surface area contributed by atoms with Crippen LogP contribution in [0.15, 0.2) is 10.6 Å². The third-order valence-electron chi connectivity index (χ3n) is 4.28. The molecule has 0 atom stereocenters. The number of amides is 1. The number of anilines is 1. The van der Waals surface area contributed by atoms with Crippen LogP contribution in [0.3, 0.4) is 0 Å². The molecular formula is C17H23N5O2. The second-order valence-electron chi connectivity index (χ2n) is 6.23. The summed E-state index contributed by atoms with van der Waals surface area (Å²) < 4.78 is 5.09. The first-order valence-electron chi connectivity index (χ1n) is 8.31. The van der Waals surface area contributed by atoms with Crippen LogP contribution >= 0.6 is 0 Å². The van der Waals surface area contributed by atoms with Gasteiger partial charge >= 0.3 is 0 Å². The summed E-state index contributed by atoms with van der Waals surface area (Å²) in [6, 6.07) is 2.00. The monoisotopic (exact) mass is 329 g/mol. The van der Waals surface area contributed by atoms with Crippen LogP contribution in [0, 0.1) is 20.8 Å². The zero-order valence-electron chi connectivity index (χ0n) is 14.4. The van der Waals surface area contributed by atoms with Crippen LogP contribution in [0.5, 0.6) is 0 Å². The normalized spacial score (nSPS) is 14.2. The number of nitrogens with one attached hydrogen (secondary N) is 1. The van der Waals surface area contributed by atoms with Crippen molar-refractivity contribution in [2.45, 2.75) is 46.6 Å². The van der Waals surface area contributed by atoms with Gasteiger partial charge in [0.15, 0.2) is 0 Å². The van der Waals surface area contributed by atoms with Crippen molar-refractivity contribution in [3.8, 4) is 0 Å². The molecule has 128 valence electrons. The molecule has 2 aromatic rings. The molecule has 3 heterocycles. The quantitative estimate of drug-likeness (QED) is 0.901. The second-order valence-corrected chi connectivity index (χ2v) is 6.23. The lowest BCUT2D eigenvalue weighted by Gasteiger charge is -2.17. The van der Waals surface area contributed by atoms with Gasteiger partial charge in [-0.3, -0.25) is 4.79 Å². The maximum Gasteiger partial charge on any atom is 0.224 e. The first-order valence-corrected chi connectivity index (χ1v) is 8.31. The van der Waals surface area contributed by atoms with Crippen LogP contribution in [-0.4, -0.2) is 34.1 Å². The molecule has 1 saturated heterocycles. The van der Waals surface area contributed by atoms with Crippen LogP contribution < -0.4 is 10.2 Å². The summed E-state index contributed by atoms with van der Waals surface area (Å²) in [5, 5.41) is 6.75. The summed E-state index contributed by atoms with van der Waals surface area (Å²) in [7, 11) is 0. The van der Waals surface area contributed by atoms with Crippen molar-refractivity contribution in [3.63, 3.8) is 0 Å². The molecule has 1 aliphatic rings. The first kappa shape index (κ1) is 16.4. The highest BCUT2D eigenvalue weighted by atomic mass is 16.5. The molecule has 0 saturated carbocycles. The Kier molecular flexibility index (Phi) is 4.78. The summed E-state index contributed by atoms with van der Waals surface area (Å²) >= 11 is 0. The molecule has 1 N–H and O–H groups in total. The summed E-state index contributed by atoms with van der Waals surface area (Å²) in [6.07, 6.45) is 2.66. The average molecular weight is 329 g/mol. The van der Waals surface area contributed by atoms with E-state index < -0.39 is 0 Å². The lowest BCUT2D eigenvalue weighted by Crippen LogP contribution is -2.27. The summed E-state index contributed by atoms with van der Waals surface area (Å²) in [4.78, 5) is 23.5. The summed E-state index contributed by atoms with van der Waals surface area (Å²) in [6.45, 7) is 8.00. The minimum atomic E-state index is -0.0859. The van der Waals surface area contributed by atoms with E-state index in [0.29, 0.717) is 18.1 Å². The Morgan fingerprint density at radius 1 is 1.25 bits per heavy atom. The van der Waals surface area contributed by atoms with E-state index in [-0.39, 0.29) is 12.3 Å². The van der Waals surface area contributed by atoms with E-state index in [1.807, 2.05) is 26.8 Å². The number of hydrogen-bond donors (Lipinski definition) is 1. The van der Waals surface area contributed by atoms with Crippen molar-refractivity contribution in [2.75, 3.05) is 18.0 Å². The molecule has 0 radical (unpaired) electrons. The van der Waals surface area contributed by atoms with Crippen LogP contribution in [0.1, 0.15) is 41.4 Å². The number of aromatic nitrogens is 3. The van der Waals surface area contributed by atoms with Crippen molar-refractivity contribution >= 4 is 11.7 Å². The standard InChI is InChI=1S/C17H23N5O2/c1-11-8-16(22-6-4-5-7-22)20-15(19-11)10-18-17(23)9-14-12(2)21-24-13(14)3/h8H,4-7,9-10H2,1-3H3,(H,18,23). The molecule has 0 unspecified atom stereocenters. The van der Waals surface area contributed by atoms with E-state index in [4.69, 9.17) is 4.52 Å². The van der Waals surface area contributed by atoms with Crippen molar-refractivity contribution in [2.24, 2.45) is 0 Å². The van der Waals surface area contributed by atoms with Crippen molar-refractivity contribution < 1.29 is 9.32 Å². The van der Waals surface area contributed by atoms with Gasteiger partial charge in [0.1, 0.15) is 17.4 Å². The maximum absolute atomic E-state index is 12.2. The van der Waals surface area contributed by atoms with Gasteiger partial charge in [-0.25, -0.2) is 9.97 Å². The Labute approximate surface area is 141 Å².